The molecule has 1 amide bonds. The molecule has 0 heterocycles. The molecular weight excluding hydrogens is 253 g/mol. The van der Waals surface area contributed by atoms with Crippen LogP contribution in [0.5, 0.6) is 0 Å². The Morgan fingerprint density at radius 3 is 2.94 bits per heavy atom. The topological polar surface area (TPSA) is 29.1 Å². The van der Waals surface area contributed by atoms with Crippen LogP contribution >= 0.6 is 11.6 Å². The van der Waals surface area contributed by atoms with Crippen LogP contribution in [0.25, 0.3) is 0 Å². The SMILES string of the molecule is CC1CCCC1CNC(=O)c1cc(Cl)ccc1F. The number of nitrogens with one attached hydrogen (secondary N) is 1. The molecule has 0 aliphatic heterocycles. The maximum atomic E-state index is 13.5. The second kappa shape index (κ2) is 5.70. The van der Waals surface area contributed by atoms with Crippen LogP contribution in [-0.4, -0.2) is 12.5 Å². The maximum absolute atomic E-state index is 13.5. The van der Waals surface area contributed by atoms with Gasteiger partial charge in [0.15, 0.2) is 0 Å². The lowest BCUT2D eigenvalue weighted by Crippen LogP contribution is -2.30. The second-order valence-corrected chi connectivity index (χ2v) is 5.44. The summed E-state index contributed by atoms with van der Waals surface area (Å²) in [5.41, 5.74) is 0.0214. The van der Waals surface area contributed by atoms with Crippen molar-refractivity contribution in [1.29, 1.82) is 0 Å². The average Bonchev–Trinajstić information content (AvgIpc) is 2.75. The van der Waals surface area contributed by atoms with E-state index < -0.39 is 5.82 Å². The van der Waals surface area contributed by atoms with Gasteiger partial charge in [0.25, 0.3) is 5.91 Å². The minimum absolute atomic E-state index is 0.0214. The molecule has 0 radical (unpaired) electrons. The number of hydrogen-bond donors (Lipinski definition) is 1. The number of amides is 1. The van der Waals surface area contributed by atoms with E-state index in [4.69, 9.17) is 11.6 Å². The summed E-state index contributed by atoms with van der Waals surface area (Å²) in [4.78, 5) is 11.9. The van der Waals surface area contributed by atoms with Crippen LogP contribution in [0.3, 0.4) is 0 Å². The van der Waals surface area contributed by atoms with Crippen LogP contribution < -0.4 is 5.32 Å². The molecular formula is C14H17ClFNO. The van der Waals surface area contributed by atoms with E-state index in [9.17, 15) is 9.18 Å². The molecule has 1 aromatic rings. The molecule has 0 bridgehead atoms. The van der Waals surface area contributed by atoms with Crippen LogP contribution in [0.4, 0.5) is 4.39 Å². The largest absolute Gasteiger partial charge is 0.352 e. The van der Waals surface area contributed by atoms with E-state index in [1.165, 1.54) is 31.0 Å². The molecule has 1 N–H and O–H groups in total. The molecule has 98 valence electrons. The van der Waals surface area contributed by atoms with E-state index in [2.05, 4.69) is 12.2 Å². The lowest BCUT2D eigenvalue weighted by Gasteiger charge is -2.16. The Morgan fingerprint density at radius 1 is 1.50 bits per heavy atom. The number of benzene rings is 1. The molecule has 18 heavy (non-hydrogen) atoms. The minimum atomic E-state index is -0.531. The Bertz CT molecular complexity index is 449. The molecule has 2 nitrogen and oxygen atoms in total. The zero-order valence-electron chi connectivity index (χ0n) is 10.4. The molecule has 4 heteroatoms. The van der Waals surface area contributed by atoms with Gasteiger partial charge in [-0.2, -0.15) is 0 Å². The molecule has 2 atom stereocenters. The van der Waals surface area contributed by atoms with Gasteiger partial charge in [-0.15, -0.1) is 0 Å². The monoisotopic (exact) mass is 269 g/mol. The normalized spacial score (nSPS) is 23.1. The quantitative estimate of drug-likeness (QED) is 0.892. The predicted octanol–water partition coefficient (Wildman–Crippen LogP) is 3.65. The first-order chi connectivity index (χ1) is 8.58. The molecule has 1 aliphatic rings. The van der Waals surface area contributed by atoms with E-state index in [1.54, 1.807) is 0 Å². The van der Waals surface area contributed by atoms with E-state index in [0.29, 0.717) is 23.4 Å². The standard InChI is InChI=1S/C14H17ClFNO/c1-9-3-2-4-10(9)8-17-14(18)12-7-11(15)5-6-13(12)16/h5-7,9-10H,2-4,8H2,1H3,(H,17,18). The highest BCUT2D eigenvalue weighted by atomic mass is 35.5. The van der Waals surface area contributed by atoms with E-state index in [1.807, 2.05) is 0 Å². The zero-order chi connectivity index (χ0) is 13.1. The van der Waals surface area contributed by atoms with Gasteiger partial charge in [-0.25, -0.2) is 4.39 Å². The third-order valence-electron chi connectivity index (χ3n) is 3.74. The molecule has 1 fully saturated rings. The number of hydrogen-bond acceptors (Lipinski definition) is 1. The van der Waals surface area contributed by atoms with Gasteiger partial charge in [0, 0.05) is 11.6 Å². The highest BCUT2D eigenvalue weighted by molar-refractivity contribution is 6.30. The summed E-state index contributed by atoms with van der Waals surface area (Å²) in [5, 5.41) is 3.17. The highest BCUT2D eigenvalue weighted by Crippen LogP contribution is 2.30. The van der Waals surface area contributed by atoms with Crippen molar-refractivity contribution < 1.29 is 9.18 Å². The fourth-order valence-electron chi connectivity index (χ4n) is 2.52. The van der Waals surface area contributed by atoms with Crippen LogP contribution in [0.1, 0.15) is 36.5 Å². The highest BCUT2D eigenvalue weighted by Gasteiger charge is 2.24. The summed E-state index contributed by atoms with van der Waals surface area (Å²) in [5.74, 6) is 0.233. The smallest absolute Gasteiger partial charge is 0.254 e. The Hall–Kier alpha value is -1.09. The summed E-state index contributed by atoms with van der Waals surface area (Å²) in [6, 6.07) is 4.02. The molecule has 1 saturated carbocycles. The first kappa shape index (κ1) is 13.3. The van der Waals surface area contributed by atoms with Gasteiger partial charge in [0.2, 0.25) is 0 Å². The summed E-state index contributed by atoms with van der Waals surface area (Å²) in [7, 11) is 0. The third kappa shape index (κ3) is 3.02. The fraction of sp³-hybridized carbons (Fsp3) is 0.500. The molecule has 0 saturated heterocycles. The van der Waals surface area contributed by atoms with Crippen molar-refractivity contribution >= 4 is 17.5 Å². The van der Waals surface area contributed by atoms with Crippen molar-refractivity contribution in [2.75, 3.05) is 6.54 Å². The molecule has 1 aromatic carbocycles. The zero-order valence-corrected chi connectivity index (χ0v) is 11.1. The average molecular weight is 270 g/mol. The third-order valence-corrected chi connectivity index (χ3v) is 3.97. The lowest BCUT2D eigenvalue weighted by atomic mass is 9.98. The molecule has 1 aliphatic carbocycles. The van der Waals surface area contributed by atoms with Crippen molar-refractivity contribution in [3.8, 4) is 0 Å². The lowest BCUT2D eigenvalue weighted by molar-refractivity contribution is 0.0940. The van der Waals surface area contributed by atoms with Crippen LogP contribution in [-0.2, 0) is 0 Å². The first-order valence-electron chi connectivity index (χ1n) is 6.31. The summed E-state index contributed by atoms with van der Waals surface area (Å²) < 4.78 is 13.5. The van der Waals surface area contributed by atoms with Crippen molar-refractivity contribution in [2.24, 2.45) is 11.8 Å². The number of rotatable bonds is 3. The molecule has 0 spiro atoms. The van der Waals surface area contributed by atoms with Crippen LogP contribution in [0.15, 0.2) is 18.2 Å². The van der Waals surface area contributed by atoms with E-state index in [-0.39, 0.29) is 11.5 Å². The molecule has 2 unspecified atom stereocenters. The number of carbonyl (C=O) groups excluding carboxylic acids is 1. The second-order valence-electron chi connectivity index (χ2n) is 5.00. The summed E-state index contributed by atoms with van der Waals surface area (Å²) >= 11 is 5.76. The Balaban J connectivity index is 1.97. The number of halogens is 2. The first-order valence-corrected chi connectivity index (χ1v) is 6.69. The summed E-state index contributed by atoms with van der Waals surface area (Å²) in [6.07, 6.45) is 3.57. The van der Waals surface area contributed by atoms with Gasteiger partial charge in [-0.3, -0.25) is 4.79 Å². The molecule has 2 rings (SSSR count). The van der Waals surface area contributed by atoms with E-state index in [0.717, 1.165) is 6.42 Å². The van der Waals surface area contributed by atoms with Crippen LogP contribution in [0, 0.1) is 17.7 Å². The van der Waals surface area contributed by atoms with Crippen molar-refractivity contribution in [2.45, 2.75) is 26.2 Å². The van der Waals surface area contributed by atoms with Gasteiger partial charge in [0.1, 0.15) is 5.82 Å². The van der Waals surface area contributed by atoms with Crippen molar-refractivity contribution in [1.82, 2.24) is 5.32 Å². The summed E-state index contributed by atoms with van der Waals surface area (Å²) in [6.45, 7) is 2.82. The maximum Gasteiger partial charge on any atom is 0.254 e. The van der Waals surface area contributed by atoms with Crippen molar-refractivity contribution in [3.05, 3.63) is 34.6 Å². The Labute approximate surface area is 112 Å². The Morgan fingerprint density at radius 2 is 2.28 bits per heavy atom. The van der Waals surface area contributed by atoms with Crippen molar-refractivity contribution in [3.63, 3.8) is 0 Å². The Kier molecular flexibility index (Phi) is 4.23. The minimum Gasteiger partial charge on any atom is -0.352 e. The van der Waals surface area contributed by atoms with Gasteiger partial charge in [-0.05, 0) is 36.5 Å². The molecule has 0 aromatic heterocycles. The van der Waals surface area contributed by atoms with Crippen LogP contribution in [0.2, 0.25) is 5.02 Å². The predicted molar refractivity (Wildman–Crippen MR) is 70.2 cm³/mol. The van der Waals surface area contributed by atoms with Gasteiger partial charge < -0.3 is 5.32 Å². The number of carbonyl (C=O) groups is 1. The van der Waals surface area contributed by atoms with E-state index >= 15 is 0 Å². The fourth-order valence-corrected chi connectivity index (χ4v) is 2.69. The van der Waals surface area contributed by atoms with Gasteiger partial charge in [-0.1, -0.05) is 31.4 Å². The van der Waals surface area contributed by atoms with Gasteiger partial charge in [0.05, 0.1) is 5.56 Å². The van der Waals surface area contributed by atoms with Gasteiger partial charge >= 0.3 is 0 Å².